The Balaban J connectivity index is 2.26. The van der Waals surface area contributed by atoms with Gasteiger partial charge in [-0.2, -0.15) is 9.57 Å². The molecule has 0 saturated carbocycles. The van der Waals surface area contributed by atoms with Gasteiger partial charge in [-0.15, -0.1) is 0 Å². The Kier molecular flexibility index (Phi) is 4.63. The number of alkyl halides is 1. The van der Waals surface area contributed by atoms with Crippen molar-refractivity contribution in [1.82, 2.24) is 4.31 Å². The number of hydrogen-bond acceptors (Lipinski definition) is 3. The van der Waals surface area contributed by atoms with Gasteiger partial charge in [0, 0.05) is 18.4 Å². The molecule has 0 fully saturated rings. The monoisotopic (exact) mass is 354 g/mol. The molecule has 106 valence electrons. The topological polar surface area (TPSA) is 61.2 Å². The maximum Gasteiger partial charge on any atom is 0.243 e. The van der Waals surface area contributed by atoms with Gasteiger partial charge < -0.3 is 0 Å². The second-order valence-corrected chi connectivity index (χ2v) is 7.26. The summed E-state index contributed by atoms with van der Waals surface area (Å²) in [5.74, 6) is 0. The molecule has 0 bridgehead atoms. The lowest BCUT2D eigenvalue weighted by atomic mass is 10.1. The Labute approximate surface area is 127 Å². The van der Waals surface area contributed by atoms with Crippen LogP contribution >= 0.6 is 15.9 Å². The van der Waals surface area contributed by atoms with E-state index >= 15 is 0 Å². The second kappa shape index (κ2) is 6.08. The average Bonchev–Trinajstić information content (AvgIpc) is 2.83. The summed E-state index contributed by atoms with van der Waals surface area (Å²) in [6.45, 7) is 2.59. The molecule has 0 aromatic heterocycles. The molecular formula is C14H15BrN2O2S. The van der Waals surface area contributed by atoms with Crippen molar-refractivity contribution in [2.45, 2.75) is 18.2 Å². The first-order chi connectivity index (χ1) is 9.48. The molecule has 20 heavy (non-hydrogen) atoms. The fraction of sp³-hybridized carbons (Fsp3) is 0.357. The zero-order valence-corrected chi connectivity index (χ0v) is 13.5. The number of sulfonamides is 1. The summed E-state index contributed by atoms with van der Waals surface area (Å²) in [7, 11) is -3.49. The molecule has 0 spiro atoms. The lowest BCUT2D eigenvalue weighted by Crippen LogP contribution is -2.29. The summed E-state index contributed by atoms with van der Waals surface area (Å²) in [6, 6.07) is 8.92. The van der Waals surface area contributed by atoms with Crippen LogP contribution in [0.3, 0.4) is 0 Å². The first-order valence-electron chi connectivity index (χ1n) is 6.18. The van der Waals surface area contributed by atoms with Crippen LogP contribution in [0.2, 0.25) is 0 Å². The molecule has 0 saturated heterocycles. The predicted octanol–water partition coefficient (Wildman–Crippen LogP) is 2.60. The normalized spacial score (nSPS) is 16.4. The van der Waals surface area contributed by atoms with Gasteiger partial charge in [-0.25, -0.2) is 8.42 Å². The standard InChI is InChI=1S/C14H15BrN2O2S/c1-11-2-4-14(5-3-11)20(18,19)17-9-12(6-7-16)13(8-15)10-17/h2-5H,6,8-10H2,1H3. The molecule has 1 heterocycles. The van der Waals surface area contributed by atoms with Crippen molar-refractivity contribution < 1.29 is 8.42 Å². The molecule has 0 unspecified atom stereocenters. The molecule has 0 N–H and O–H groups in total. The third-order valence-corrected chi connectivity index (χ3v) is 5.83. The van der Waals surface area contributed by atoms with E-state index < -0.39 is 10.0 Å². The highest BCUT2D eigenvalue weighted by molar-refractivity contribution is 9.09. The van der Waals surface area contributed by atoms with Crippen molar-refractivity contribution in [3.8, 4) is 6.07 Å². The highest BCUT2D eigenvalue weighted by Gasteiger charge is 2.31. The van der Waals surface area contributed by atoms with Crippen LogP contribution in [-0.2, 0) is 10.0 Å². The van der Waals surface area contributed by atoms with Crippen LogP contribution in [0.15, 0.2) is 40.3 Å². The quantitative estimate of drug-likeness (QED) is 0.616. The van der Waals surface area contributed by atoms with Crippen molar-refractivity contribution in [2.75, 3.05) is 18.4 Å². The molecule has 4 nitrogen and oxygen atoms in total. The van der Waals surface area contributed by atoms with Gasteiger partial charge in [-0.1, -0.05) is 33.6 Å². The van der Waals surface area contributed by atoms with E-state index in [-0.39, 0.29) is 6.42 Å². The maximum atomic E-state index is 12.6. The highest BCUT2D eigenvalue weighted by Crippen LogP contribution is 2.27. The third kappa shape index (κ3) is 2.95. The van der Waals surface area contributed by atoms with E-state index in [1.165, 1.54) is 4.31 Å². The molecule has 0 atom stereocenters. The summed E-state index contributed by atoms with van der Waals surface area (Å²) in [5.41, 5.74) is 2.91. The van der Waals surface area contributed by atoms with E-state index in [4.69, 9.17) is 5.26 Å². The Bertz CT molecular complexity index is 672. The van der Waals surface area contributed by atoms with E-state index in [0.717, 1.165) is 16.7 Å². The molecule has 1 aliphatic heterocycles. The maximum absolute atomic E-state index is 12.6. The Morgan fingerprint density at radius 1 is 1.25 bits per heavy atom. The van der Waals surface area contributed by atoms with Crippen LogP contribution in [0, 0.1) is 18.3 Å². The molecule has 6 heteroatoms. The fourth-order valence-electron chi connectivity index (χ4n) is 2.15. The highest BCUT2D eigenvalue weighted by atomic mass is 79.9. The van der Waals surface area contributed by atoms with Gasteiger partial charge in [0.1, 0.15) is 0 Å². The van der Waals surface area contributed by atoms with Crippen molar-refractivity contribution in [3.05, 3.63) is 41.0 Å². The molecule has 1 aliphatic rings. The molecule has 1 aromatic carbocycles. The Morgan fingerprint density at radius 3 is 2.40 bits per heavy atom. The molecule has 0 radical (unpaired) electrons. The van der Waals surface area contributed by atoms with Gasteiger partial charge in [-0.3, -0.25) is 0 Å². The molecule has 0 amide bonds. The van der Waals surface area contributed by atoms with Crippen LogP contribution in [0.25, 0.3) is 0 Å². The zero-order chi connectivity index (χ0) is 14.8. The second-order valence-electron chi connectivity index (χ2n) is 4.76. The lowest BCUT2D eigenvalue weighted by molar-refractivity contribution is 0.480. The molecule has 0 aliphatic carbocycles. The first-order valence-corrected chi connectivity index (χ1v) is 8.74. The average molecular weight is 355 g/mol. The van der Waals surface area contributed by atoms with Crippen molar-refractivity contribution in [1.29, 1.82) is 5.26 Å². The minimum Gasteiger partial charge on any atom is -0.207 e. The summed E-state index contributed by atoms with van der Waals surface area (Å²) in [6.07, 6.45) is 0.279. The van der Waals surface area contributed by atoms with E-state index in [0.29, 0.717) is 23.3 Å². The Hall–Kier alpha value is -1.16. The fourth-order valence-corrected chi connectivity index (χ4v) is 4.15. The smallest absolute Gasteiger partial charge is 0.207 e. The number of nitriles is 1. The van der Waals surface area contributed by atoms with Gasteiger partial charge in [0.25, 0.3) is 0 Å². The number of halogens is 1. The summed E-state index contributed by atoms with van der Waals surface area (Å²) < 4.78 is 26.5. The van der Waals surface area contributed by atoms with Crippen LogP contribution in [0.1, 0.15) is 12.0 Å². The number of rotatable bonds is 4. The third-order valence-electron chi connectivity index (χ3n) is 3.35. The number of aryl methyl sites for hydroxylation is 1. The van der Waals surface area contributed by atoms with E-state index in [1.54, 1.807) is 24.3 Å². The van der Waals surface area contributed by atoms with Crippen LogP contribution < -0.4 is 0 Å². The van der Waals surface area contributed by atoms with Crippen molar-refractivity contribution >= 4 is 26.0 Å². The first kappa shape index (κ1) is 15.2. The van der Waals surface area contributed by atoms with Crippen LogP contribution in [0.5, 0.6) is 0 Å². The number of nitrogens with zero attached hydrogens (tertiary/aromatic N) is 2. The van der Waals surface area contributed by atoms with Gasteiger partial charge in [0.05, 0.1) is 17.4 Å². The van der Waals surface area contributed by atoms with Crippen molar-refractivity contribution in [2.24, 2.45) is 0 Å². The van der Waals surface area contributed by atoms with Crippen LogP contribution in [-0.4, -0.2) is 31.1 Å². The van der Waals surface area contributed by atoms with Gasteiger partial charge in [0.15, 0.2) is 0 Å². The minimum atomic E-state index is -3.49. The molecule has 2 rings (SSSR count). The lowest BCUT2D eigenvalue weighted by Gasteiger charge is -2.16. The van der Waals surface area contributed by atoms with E-state index in [1.807, 2.05) is 6.92 Å². The van der Waals surface area contributed by atoms with Crippen LogP contribution in [0.4, 0.5) is 0 Å². The largest absolute Gasteiger partial charge is 0.243 e. The van der Waals surface area contributed by atoms with Gasteiger partial charge >= 0.3 is 0 Å². The van der Waals surface area contributed by atoms with E-state index in [2.05, 4.69) is 22.0 Å². The zero-order valence-electron chi connectivity index (χ0n) is 11.1. The van der Waals surface area contributed by atoms with Gasteiger partial charge in [-0.05, 0) is 30.2 Å². The van der Waals surface area contributed by atoms with Crippen molar-refractivity contribution in [3.63, 3.8) is 0 Å². The molecule has 1 aromatic rings. The number of benzene rings is 1. The minimum absolute atomic E-state index is 0.279. The predicted molar refractivity (Wildman–Crippen MR) is 81.0 cm³/mol. The molecular weight excluding hydrogens is 340 g/mol. The SMILES string of the molecule is Cc1ccc(S(=O)(=O)N2CC(CBr)=C(CC#N)C2)cc1. The summed E-state index contributed by atoms with van der Waals surface area (Å²) >= 11 is 3.36. The summed E-state index contributed by atoms with van der Waals surface area (Å²) in [5, 5.41) is 9.41. The Morgan fingerprint density at radius 2 is 1.85 bits per heavy atom. The van der Waals surface area contributed by atoms with Gasteiger partial charge in [0.2, 0.25) is 10.0 Å². The number of hydrogen-bond donors (Lipinski definition) is 0. The van der Waals surface area contributed by atoms with E-state index in [9.17, 15) is 8.42 Å². The summed E-state index contributed by atoms with van der Waals surface area (Å²) in [4.78, 5) is 0.301.